The summed E-state index contributed by atoms with van der Waals surface area (Å²) >= 11 is 18.0. The Morgan fingerprint density at radius 2 is 1.62 bits per heavy atom. The molecule has 1 N–H and O–H groups in total. The minimum absolute atomic E-state index is 0.00285. The second-order valence-corrected chi connectivity index (χ2v) is 4.34. The number of aromatic nitrogens is 1. The van der Waals surface area contributed by atoms with Gasteiger partial charge < -0.3 is 5.11 Å². The van der Waals surface area contributed by atoms with Crippen LogP contribution in [0.4, 0.5) is 0 Å². The molecule has 82 valence electrons. The Labute approximate surface area is 107 Å². The number of hydrogen-bond donors (Lipinski definition) is 1. The molecule has 2 rings (SSSR count). The van der Waals surface area contributed by atoms with Crippen LogP contribution in [0.2, 0.25) is 15.1 Å². The zero-order valence-corrected chi connectivity index (χ0v) is 10.2. The summed E-state index contributed by atoms with van der Waals surface area (Å²) in [5.41, 5.74) is 1.02. The van der Waals surface area contributed by atoms with Gasteiger partial charge in [0.2, 0.25) is 0 Å². The lowest BCUT2D eigenvalue weighted by Gasteiger charge is -2.07. The van der Waals surface area contributed by atoms with Gasteiger partial charge in [0.15, 0.2) is 0 Å². The van der Waals surface area contributed by atoms with Crippen molar-refractivity contribution in [3.8, 4) is 17.0 Å². The van der Waals surface area contributed by atoms with Crippen LogP contribution in [-0.2, 0) is 0 Å². The second kappa shape index (κ2) is 4.50. The van der Waals surface area contributed by atoms with E-state index < -0.39 is 0 Å². The van der Waals surface area contributed by atoms with Crippen LogP contribution in [0, 0.1) is 0 Å². The summed E-state index contributed by atoms with van der Waals surface area (Å²) < 4.78 is 0. The van der Waals surface area contributed by atoms with Gasteiger partial charge in [-0.3, -0.25) is 4.98 Å². The fourth-order valence-corrected chi connectivity index (χ4v) is 2.17. The molecule has 0 atom stereocenters. The summed E-state index contributed by atoms with van der Waals surface area (Å²) in [6.07, 6.45) is 1.29. The van der Waals surface area contributed by atoms with E-state index in [2.05, 4.69) is 4.98 Å². The van der Waals surface area contributed by atoms with Gasteiger partial charge in [0.25, 0.3) is 0 Å². The maximum absolute atomic E-state index is 9.21. The van der Waals surface area contributed by atoms with E-state index >= 15 is 0 Å². The van der Waals surface area contributed by atoms with Crippen molar-refractivity contribution in [1.82, 2.24) is 4.98 Å². The molecule has 5 heteroatoms. The van der Waals surface area contributed by atoms with E-state index in [1.165, 1.54) is 12.3 Å². The molecule has 0 amide bonds. The van der Waals surface area contributed by atoms with Crippen LogP contribution < -0.4 is 0 Å². The quantitative estimate of drug-likeness (QED) is 0.835. The first kappa shape index (κ1) is 11.5. The Hall–Kier alpha value is -0.960. The summed E-state index contributed by atoms with van der Waals surface area (Å²) in [5.74, 6) is -0.00285. The van der Waals surface area contributed by atoms with Gasteiger partial charge in [-0.05, 0) is 12.1 Å². The molecular formula is C11H6Cl3NO. The molecule has 0 unspecified atom stereocenters. The fourth-order valence-electron chi connectivity index (χ4n) is 1.34. The van der Waals surface area contributed by atoms with Crippen molar-refractivity contribution >= 4 is 34.8 Å². The Kier molecular flexibility index (Phi) is 3.24. The predicted octanol–water partition coefficient (Wildman–Crippen LogP) is 4.41. The van der Waals surface area contributed by atoms with Crippen LogP contribution in [0.15, 0.2) is 30.5 Å². The zero-order valence-electron chi connectivity index (χ0n) is 7.92. The summed E-state index contributed by atoms with van der Waals surface area (Å²) in [7, 11) is 0. The van der Waals surface area contributed by atoms with E-state index in [-0.39, 0.29) is 5.75 Å². The molecule has 0 saturated heterocycles. The van der Waals surface area contributed by atoms with Gasteiger partial charge in [-0.25, -0.2) is 0 Å². The monoisotopic (exact) mass is 273 g/mol. The van der Waals surface area contributed by atoms with Crippen molar-refractivity contribution in [2.45, 2.75) is 0 Å². The SMILES string of the molecule is Oc1cnc(-c2c(Cl)cccc2Cl)c(Cl)c1. The summed E-state index contributed by atoms with van der Waals surface area (Å²) in [6, 6.07) is 6.54. The molecule has 0 aliphatic rings. The molecule has 16 heavy (non-hydrogen) atoms. The molecule has 0 radical (unpaired) electrons. The van der Waals surface area contributed by atoms with Gasteiger partial charge in [0.1, 0.15) is 5.75 Å². The summed E-state index contributed by atoms with van der Waals surface area (Å²) in [4.78, 5) is 4.02. The largest absolute Gasteiger partial charge is 0.506 e. The summed E-state index contributed by atoms with van der Waals surface area (Å²) in [5, 5.41) is 10.4. The Balaban J connectivity index is 2.68. The van der Waals surface area contributed by atoms with E-state index in [0.29, 0.717) is 26.3 Å². The molecule has 0 bridgehead atoms. The van der Waals surface area contributed by atoms with Crippen LogP contribution >= 0.6 is 34.8 Å². The van der Waals surface area contributed by atoms with Crippen molar-refractivity contribution in [2.75, 3.05) is 0 Å². The number of aromatic hydroxyl groups is 1. The van der Waals surface area contributed by atoms with Crippen molar-refractivity contribution in [2.24, 2.45) is 0 Å². The second-order valence-electron chi connectivity index (χ2n) is 3.12. The number of pyridine rings is 1. The molecule has 1 aromatic heterocycles. The Morgan fingerprint density at radius 3 is 2.19 bits per heavy atom. The highest BCUT2D eigenvalue weighted by Gasteiger charge is 2.13. The molecular weight excluding hydrogens is 268 g/mol. The molecule has 0 aliphatic carbocycles. The third-order valence-corrected chi connectivity index (χ3v) is 2.94. The molecule has 0 spiro atoms. The summed E-state index contributed by atoms with van der Waals surface area (Å²) in [6.45, 7) is 0. The van der Waals surface area contributed by atoms with Gasteiger partial charge >= 0.3 is 0 Å². The van der Waals surface area contributed by atoms with E-state index in [1.54, 1.807) is 18.2 Å². The van der Waals surface area contributed by atoms with Gasteiger partial charge in [0, 0.05) is 11.6 Å². The van der Waals surface area contributed by atoms with Crippen molar-refractivity contribution in [1.29, 1.82) is 0 Å². The maximum Gasteiger partial charge on any atom is 0.135 e. The van der Waals surface area contributed by atoms with Gasteiger partial charge in [0.05, 0.1) is 27.0 Å². The minimum atomic E-state index is -0.00285. The first-order chi connectivity index (χ1) is 7.59. The third-order valence-electron chi connectivity index (χ3n) is 2.03. The third kappa shape index (κ3) is 2.09. The molecule has 1 aromatic carbocycles. The van der Waals surface area contributed by atoms with Crippen LogP contribution in [0.1, 0.15) is 0 Å². The van der Waals surface area contributed by atoms with E-state index in [1.807, 2.05) is 0 Å². The van der Waals surface area contributed by atoms with Crippen molar-refractivity contribution < 1.29 is 5.11 Å². The van der Waals surface area contributed by atoms with E-state index in [4.69, 9.17) is 34.8 Å². The highest BCUT2D eigenvalue weighted by atomic mass is 35.5. The van der Waals surface area contributed by atoms with Crippen LogP contribution in [0.25, 0.3) is 11.3 Å². The highest BCUT2D eigenvalue weighted by Crippen LogP contribution is 2.37. The van der Waals surface area contributed by atoms with Crippen LogP contribution in [-0.4, -0.2) is 10.1 Å². The van der Waals surface area contributed by atoms with Gasteiger partial charge in [-0.1, -0.05) is 40.9 Å². The van der Waals surface area contributed by atoms with Crippen LogP contribution in [0.3, 0.4) is 0 Å². The van der Waals surface area contributed by atoms with E-state index in [9.17, 15) is 5.11 Å². The average molecular weight is 275 g/mol. The first-order valence-electron chi connectivity index (χ1n) is 4.38. The lowest BCUT2D eigenvalue weighted by molar-refractivity contribution is 0.473. The number of nitrogens with zero attached hydrogens (tertiary/aromatic N) is 1. The molecule has 2 nitrogen and oxygen atoms in total. The topological polar surface area (TPSA) is 33.1 Å². The Bertz CT molecular complexity index is 522. The van der Waals surface area contributed by atoms with Gasteiger partial charge in [-0.2, -0.15) is 0 Å². The Morgan fingerprint density at radius 1 is 1.00 bits per heavy atom. The van der Waals surface area contributed by atoms with E-state index in [0.717, 1.165) is 0 Å². The normalized spacial score (nSPS) is 10.4. The first-order valence-corrected chi connectivity index (χ1v) is 5.52. The fraction of sp³-hybridized carbons (Fsp3) is 0. The van der Waals surface area contributed by atoms with Crippen molar-refractivity contribution in [3.05, 3.63) is 45.5 Å². The minimum Gasteiger partial charge on any atom is -0.506 e. The average Bonchev–Trinajstić information content (AvgIpc) is 2.20. The molecule has 0 saturated carbocycles. The molecule has 0 aliphatic heterocycles. The van der Waals surface area contributed by atoms with Gasteiger partial charge in [-0.15, -0.1) is 0 Å². The number of benzene rings is 1. The van der Waals surface area contributed by atoms with Crippen LogP contribution in [0.5, 0.6) is 5.75 Å². The molecule has 0 fully saturated rings. The highest BCUT2D eigenvalue weighted by molar-refractivity contribution is 6.40. The smallest absolute Gasteiger partial charge is 0.135 e. The predicted molar refractivity (Wildman–Crippen MR) is 66.4 cm³/mol. The lowest BCUT2D eigenvalue weighted by Crippen LogP contribution is -1.87. The maximum atomic E-state index is 9.21. The van der Waals surface area contributed by atoms with Crippen molar-refractivity contribution in [3.63, 3.8) is 0 Å². The molecule has 2 aromatic rings. The number of halogens is 3. The molecule has 1 heterocycles. The zero-order chi connectivity index (χ0) is 11.7. The standard InChI is InChI=1S/C11H6Cl3NO/c12-7-2-1-3-8(13)10(7)11-9(14)4-6(16)5-15-11/h1-5,16H. The lowest BCUT2D eigenvalue weighted by atomic mass is 10.1. The number of hydrogen-bond acceptors (Lipinski definition) is 2. The number of rotatable bonds is 1.